The Bertz CT molecular complexity index is 955. The van der Waals surface area contributed by atoms with Crippen molar-refractivity contribution in [2.45, 2.75) is 51.4 Å². The van der Waals surface area contributed by atoms with Crippen molar-refractivity contribution in [3.05, 3.63) is 47.0 Å². The van der Waals surface area contributed by atoms with Crippen molar-refractivity contribution < 1.29 is 13.2 Å². The molecule has 1 fully saturated rings. The molecule has 0 unspecified atom stereocenters. The molecule has 29 heavy (non-hydrogen) atoms. The first-order chi connectivity index (χ1) is 13.6. The predicted octanol–water partition coefficient (Wildman–Crippen LogP) is 3.76. The lowest BCUT2D eigenvalue weighted by molar-refractivity contribution is -0.123. The third-order valence-corrected chi connectivity index (χ3v) is 8.23. The highest BCUT2D eigenvalue weighted by Gasteiger charge is 2.45. The van der Waals surface area contributed by atoms with E-state index in [-0.39, 0.29) is 17.1 Å². The highest BCUT2D eigenvalue weighted by atomic mass is 32.2. The molecular weight excluding hydrogens is 406 g/mol. The molecule has 1 saturated heterocycles. The van der Waals surface area contributed by atoms with E-state index >= 15 is 0 Å². The van der Waals surface area contributed by atoms with Crippen LogP contribution in [0.4, 0.5) is 5.13 Å². The van der Waals surface area contributed by atoms with Crippen LogP contribution in [0.3, 0.4) is 0 Å². The standard InChI is InChI=1S/C21H29N3O3S2/c1-5-29(26,27)24-13-11-21(12-14-24,16-9-7-6-8-10-16)18(25)23-19-22-17(15-28-19)20(2,3)4/h6-10,15H,5,11-14H2,1-4H3,(H,22,23,25). The number of hydrogen-bond acceptors (Lipinski definition) is 5. The summed E-state index contributed by atoms with van der Waals surface area (Å²) in [5.74, 6) is -0.0428. The maximum Gasteiger partial charge on any atom is 0.236 e. The largest absolute Gasteiger partial charge is 0.301 e. The predicted molar refractivity (Wildman–Crippen MR) is 118 cm³/mol. The second-order valence-electron chi connectivity index (χ2n) is 8.49. The van der Waals surface area contributed by atoms with Crippen molar-refractivity contribution in [1.29, 1.82) is 0 Å². The fourth-order valence-electron chi connectivity index (χ4n) is 3.63. The SMILES string of the molecule is CCS(=O)(=O)N1CCC(C(=O)Nc2nc(C(C)(C)C)cs2)(c2ccccc2)CC1. The second-order valence-corrected chi connectivity index (χ2v) is 11.6. The fraction of sp³-hybridized carbons (Fsp3) is 0.524. The van der Waals surface area contributed by atoms with Crippen LogP contribution in [0.5, 0.6) is 0 Å². The maximum absolute atomic E-state index is 13.5. The second kappa shape index (κ2) is 8.16. The number of thiazole rings is 1. The molecule has 2 aromatic rings. The van der Waals surface area contributed by atoms with Crippen LogP contribution in [0.2, 0.25) is 0 Å². The van der Waals surface area contributed by atoms with Gasteiger partial charge < -0.3 is 5.32 Å². The van der Waals surface area contributed by atoms with Crippen LogP contribution in [-0.2, 0) is 25.6 Å². The Morgan fingerprint density at radius 1 is 1.21 bits per heavy atom. The van der Waals surface area contributed by atoms with Crippen molar-refractivity contribution in [3.63, 3.8) is 0 Å². The van der Waals surface area contributed by atoms with Gasteiger partial charge in [-0.15, -0.1) is 11.3 Å². The number of benzene rings is 1. The van der Waals surface area contributed by atoms with E-state index in [2.05, 4.69) is 31.1 Å². The minimum atomic E-state index is -3.26. The van der Waals surface area contributed by atoms with Gasteiger partial charge in [-0.05, 0) is 25.3 Å². The number of nitrogens with one attached hydrogen (secondary N) is 1. The zero-order chi connectivity index (χ0) is 21.3. The van der Waals surface area contributed by atoms with Gasteiger partial charge in [-0.3, -0.25) is 4.79 Å². The van der Waals surface area contributed by atoms with E-state index in [4.69, 9.17) is 0 Å². The van der Waals surface area contributed by atoms with Crippen LogP contribution >= 0.6 is 11.3 Å². The number of carbonyl (C=O) groups is 1. The number of rotatable bonds is 5. The molecular formula is C21H29N3O3S2. The molecule has 0 atom stereocenters. The third-order valence-electron chi connectivity index (χ3n) is 5.59. The van der Waals surface area contributed by atoms with Crippen molar-refractivity contribution in [2.24, 2.45) is 0 Å². The smallest absolute Gasteiger partial charge is 0.236 e. The number of aromatic nitrogens is 1. The Morgan fingerprint density at radius 2 is 1.83 bits per heavy atom. The van der Waals surface area contributed by atoms with E-state index in [1.807, 2.05) is 35.7 Å². The summed E-state index contributed by atoms with van der Waals surface area (Å²) < 4.78 is 26.1. The molecule has 1 aliphatic heterocycles. The fourth-order valence-corrected chi connectivity index (χ4v) is 5.66. The van der Waals surface area contributed by atoms with Gasteiger partial charge in [-0.2, -0.15) is 0 Å². The lowest BCUT2D eigenvalue weighted by Crippen LogP contribution is -2.51. The molecule has 6 nitrogen and oxygen atoms in total. The molecule has 0 aliphatic carbocycles. The summed E-state index contributed by atoms with van der Waals surface area (Å²) >= 11 is 1.42. The van der Waals surface area contributed by atoms with Crippen molar-refractivity contribution >= 4 is 32.4 Å². The molecule has 1 amide bonds. The molecule has 1 N–H and O–H groups in total. The molecule has 1 aromatic carbocycles. The van der Waals surface area contributed by atoms with Crippen LogP contribution in [-0.4, -0.2) is 42.5 Å². The normalized spacial score (nSPS) is 17.8. The number of nitrogens with zero attached hydrogens (tertiary/aromatic N) is 2. The molecule has 1 aliphatic rings. The molecule has 158 valence electrons. The van der Waals surface area contributed by atoms with Gasteiger partial charge in [0.2, 0.25) is 15.9 Å². The molecule has 8 heteroatoms. The van der Waals surface area contributed by atoms with E-state index in [9.17, 15) is 13.2 Å². The van der Waals surface area contributed by atoms with Crippen LogP contribution in [0.25, 0.3) is 0 Å². The third kappa shape index (κ3) is 4.54. The van der Waals surface area contributed by atoms with Crippen LogP contribution in [0, 0.1) is 0 Å². The first kappa shape index (κ1) is 21.9. The summed E-state index contributed by atoms with van der Waals surface area (Å²) in [7, 11) is -3.26. The van der Waals surface area contributed by atoms with Gasteiger partial charge in [0, 0.05) is 23.9 Å². The molecule has 0 spiro atoms. The zero-order valence-electron chi connectivity index (χ0n) is 17.4. The maximum atomic E-state index is 13.5. The highest BCUT2D eigenvalue weighted by Crippen LogP contribution is 2.38. The van der Waals surface area contributed by atoms with Gasteiger partial charge in [0.1, 0.15) is 0 Å². The highest BCUT2D eigenvalue weighted by molar-refractivity contribution is 7.89. The van der Waals surface area contributed by atoms with Gasteiger partial charge in [-0.25, -0.2) is 17.7 Å². The van der Waals surface area contributed by atoms with Gasteiger partial charge in [0.15, 0.2) is 5.13 Å². The van der Waals surface area contributed by atoms with Crippen LogP contribution < -0.4 is 5.32 Å². The Balaban J connectivity index is 1.87. The number of piperidine rings is 1. The van der Waals surface area contributed by atoms with Crippen LogP contribution in [0.1, 0.15) is 51.8 Å². The topological polar surface area (TPSA) is 79.4 Å². The Kier molecular flexibility index (Phi) is 6.17. The minimum absolute atomic E-state index is 0.0756. The number of anilines is 1. The Labute approximate surface area is 177 Å². The minimum Gasteiger partial charge on any atom is -0.301 e. The lowest BCUT2D eigenvalue weighted by Gasteiger charge is -2.40. The molecule has 3 rings (SSSR count). The van der Waals surface area contributed by atoms with Gasteiger partial charge >= 0.3 is 0 Å². The average molecular weight is 436 g/mol. The van der Waals surface area contributed by atoms with E-state index in [1.54, 1.807) is 6.92 Å². The first-order valence-electron chi connectivity index (χ1n) is 9.89. The van der Waals surface area contributed by atoms with Crippen molar-refractivity contribution in [1.82, 2.24) is 9.29 Å². The summed E-state index contributed by atoms with van der Waals surface area (Å²) in [4.78, 5) is 18.1. The van der Waals surface area contributed by atoms with E-state index in [0.29, 0.717) is 31.1 Å². The zero-order valence-corrected chi connectivity index (χ0v) is 19.1. The molecule has 1 aromatic heterocycles. The number of amides is 1. The van der Waals surface area contributed by atoms with E-state index in [0.717, 1.165) is 11.3 Å². The summed E-state index contributed by atoms with van der Waals surface area (Å²) in [5.41, 5.74) is 1.000. The Hall–Kier alpha value is -1.77. The summed E-state index contributed by atoms with van der Waals surface area (Å²) in [6, 6.07) is 9.65. The average Bonchev–Trinajstić information content (AvgIpc) is 3.17. The monoisotopic (exact) mass is 435 g/mol. The van der Waals surface area contributed by atoms with Crippen molar-refractivity contribution in [3.8, 4) is 0 Å². The quantitative estimate of drug-likeness (QED) is 0.775. The van der Waals surface area contributed by atoms with E-state index < -0.39 is 15.4 Å². The molecule has 0 saturated carbocycles. The molecule has 0 bridgehead atoms. The summed E-state index contributed by atoms with van der Waals surface area (Å²) in [5, 5.41) is 5.57. The molecule has 2 heterocycles. The lowest BCUT2D eigenvalue weighted by atomic mass is 9.72. The van der Waals surface area contributed by atoms with Gasteiger partial charge in [0.05, 0.1) is 16.9 Å². The number of sulfonamides is 1. The van der Waals surface area contributed by atoms with Gasteiger partial charge in [-0.1, -0.05) is 51.1 Å². The Morgan fingerprint density at radius 3 is 2.34 bits per heavy atom. The summed E-state index contributed by atoms with van der Waals surface area (Å²) in [6.45, 7) is 8.58. The first-order valence-corrected chi connectivity index (χ1v) is 12.4. The van der Waals surface area contributed by atoms with E-state index in [1.165, 1.54) is 15.6 Å². The molecule has 0 radical (unpaired) electrons. The van der Waals surface area contributed by atoms with Crippen LogP contribution in [0.15, 0.2) is 35.7 Å². The van der Waals surface area contributed by atoms with Gasteiger partial charge in [0.25, 0.3) is 0 Å². The van der Waals surface area contributed by atoms with Crippen molar-refractivity contribution in [2.75, 3.05) is 24.2 Å². The summed E-state index contributed by atoms with van der Waals surface area (Å²) in [6.07, 6.45) is 0.888. The number of carbonyl (C=O) groups excluding carboxylic acids is 1. The number of hydrogen-bond donors (Lipinski definition) is 1.